The van der Waals surface area contributed by atoms with Crippen molar-refractivity contribution in [2.45, 2.75) is 38.3 Å². The van der Waals surface area contributed by atoms with Crippen molar-refractivity contribution in [3.8, 4) is 0 Å². The minimum Gasteiger partial charge on any atom is -0.543 e. The molecule has 0 spiro atoms. The van der Waals surface area contributed by atoms with Gasteiger partial charge in [0.25, 0.3) is 0 Å². The molecule has 0 bridgehead atoms. The summed E-state index contributed by atoms with van der Waals surface area (Å²) in [4.78, 5) is 24.3. The van der Waals surface area contributed by atoms with Crippen molar-refractivity contribution in [2.24, 2.45) is 11.8 Å². The van der Waals surface area contributed by atoms with Crippen LogP contribution >= 0.6 is 0 Å². The van der Waals surface area contributed by atoms with Gasteiger partial charge in [0, 0.05) is 5.92 Å². The Hall–Kier alpha value is -0.360. The zero-order chi connectivity index (χ0) is 12.3. The average Bonchev–Trinajstić information content (AvgIpc) is 2.75. The number of fused-ring (bicyclic) bond motifs is 3. The van der Waals surface area contributed by atoms with Crippen LogP contribution in [0, 0.1) is 11.8 Å². The topological polar surface area (TPSA) is 80.7 Å². The van der Waals surface area contributed by atoms with Crippen molar-refractivity contribution in [3.05, 3.63) is 11.3 Å². The Bertz CT molecular complexity index is 445. The van der Waals surface area contributed by atoms with Crippen molar-refractivity contribution >= 4 is 11.9 Å². The molecule has 92 valence electrons. The summed E-state index contributed by atoms with van der Waals surface area (Å²) in [6.45, 7) is 1.59. The normalized spacial score (nSPS) is 34.7. The zero-order valence-electron chi connectivity index (χ0n) is 10.5. The van der Waals surface area contributed by atoms with Crippen molar-refractivity contribution in [1.29, 1.82) is 0 Å². The molecular weight excluding hydrogens is 245 g/mol. The van der Waals surface area contributed by atoms with E-state index in [2.05, 4.69) is 0 Å². The third-order valence-electron chi connectivity index (χ3n) is 4.27. The first-order chi connectivity index (χ1) is 8.04. The SMILES string of the molecule is C[C@@H](O)[C@H]1C(=O)N2C(C(=O)[O-])=C3CCC[C@H]3[C@H]12.[Na+]. The van der Waals surface area contributed by atoms with Crippen molar-refractivity contribution in [1.82, 2.24) is 4.90 Å². The number of hydrogen-bond acceptors (Lipinski definition) is 4. The fourth-order valence-corrected chi connectivity index (χ4v) is 3.64. The molecule has 2 fully saturated rings. The number of aliphatic hydroxyl groups is 1. The molecule has 0 radical (unpaired) electrons. The number of nitrogens with zero attached hydrogens (tertiary/aromatic N) is 1. The van der Waals surface area contributed by atoms with Crippen molar-refractivity contribution in [3.63, 3.8) is 0 Å². The predicted molar refractivity (Wildman–Crippen MR) is 55.2 cm³/mol. The van der Waals surface area contributed by atoms with Gasteiger partial charge in [-0.25, -0.2) is 0 Å². The molecular formula is C12H14NNaO4. The maximum atomic E-state index is 11.9. The molecule has 4 atom stereocenters. The first-order valence-electron chi connectivity index (χ1n) is 5.99. The molecule has 1 saturated carbocycles. The second kappa shape index (κ2) is 4.63. The summed E-state index contributed by atoms with van der Waals surface area (Å²) in [7, 11) is 0. The van der Waals surface area contributed by atoms with Gasteiger partial charge in [-0.15, -0.1) is 0 Å². The van der Waals surface area contributed by atoms with Crippen LogP contribution in [0.3, 0.4) is 0 Å². The molecule has 5 nitrogen and oxygen atoms in total. The van der Waals surface area contributed by atoms with Gasteiger partial charge in [0.2, 0.25) is 5.91 Å². The Kier molecular flexibility index (Phi) is 3.62. The molecule has 3 rings (SSSR count). The van der Waals surface area contributed by atoms with Gasteiger partial charge in [0.05, 0.1) is 29.7 Å². The molecule has 6 heteroatoms. The summed E-state index contributed by atoms with van der Waals surface area (Å²) in [5.41, 5.74) is 0.936. The maximum absolute atomic E-state index is 11.9. The third-order valence-corrected chi connectivity index (χ3v) is 4.27. The Labute approximate surface area is 127 Å². The molecule has 1 N–H and O–H groups in total. The first kappa shape index (κ1) is 14.1. The molecule has 18 heavy (non-hydrogen) atoms. The number of β-lactam (4-membered cyclic amide) rings is 1. The number of carbonyl (C=O) groups is 2. The largest absolute Gasteiger partial charge is 1.00 e. The summed E-state index contributed by atoms with van der Waals surface area (Å²) in [6.07, 6.45) is 1.89. The van der Waals surface area contributed by atoms with Crippen LogP contribution in [0.1, 0.15) is 26.2 Å². The molecule has 1 saturated heterocycles. The second-order valence-electron chi connectivity index (χ2n) is 5.13. The van der Waals surface area contributed by atoms with E-state index in [1.165, 1.54) is 4.90 Å². The van der Waals surface area contributed by atoms with E-state index in [0.717, 1.165) is 24.8 Å². The number of carboxylic acids is 1. The van der Waals surface area contributed by atoms with E-state index in [4.69, 9.17) is 0 Å². The molecule has 3 aliphatic rings. The van der Waals surface area contributed by atoms with Gasteiger partial charge in [-0.3, -0.25) is 4.79 Å². The van der Waals surface area contributed by atoms with E-state index in [0.29, 0.717) is 0 Å². The second-order valence-corrected chi connectivity index (χ2v) is 5.13. The van der Waals surface area contributed by atoms with E-state index < -0.39 is 18.0 Å². The minimum atomic E-state index is -1.26. The fraction of sp³-hybridized carbons (Fsp3) is 0.667. The van der Waals surface area contributed by atoms with Gasteiger partial charge in [-0.05, 0) is 31.8 Å². The standard InChI is InChI=1S/C12H15NO4.Na/c1-5(14)8-9-6-3-2-4-7(6)10(12(16)17)13(9)11(8)15;/h5-6,8-9,14H,2-4H2,1H3,(H,16,17);/q;+1/p-1/t5-,6-,8-,9-;/m1./s1. The van der Waals surface area contributed by atoms with Crippen LogP contribution in [-0.4, -0.2) is 34.0 Å². The monoisotopic (exact) mass is 259 g/mol. The Morgan fingerprint density at radius 2 is 2.22 bits per heavy atom. The number of amides is 1. The summed E-state index contributed by atoms with van der Waals surface area (Å²) in [5.74, 6) is -1.84. The number of carboxylic acid groups (broad SMARTS) is 1. The molecule has 0 aromatic carbocycles. The van der Waals surface area contributed by atoms with Gasteiger partial charge in [-0.2, -0.15) is 0 Å². The molecule has 0 unspecified atom stereocenters. The maximum Gasteiger partial charge on any atom is 1.00 e. The summed E-state index contributed by atoms with van der Waals surface area (Å²) in [6, 6.07) is -0.145. The molecule has 1 aliphatic carbocycles. The van der Waals surface area contributed by atoms with E-state index in [1.54, 1.807) is 6.92 Å². The summed E-state index contributed by atoms with van der Waals surface area (Å²) < 4.78 is 0. The van der Waals surface area contributed by atoms with E-state index in [1.807, 2.05) is 0 Å². The zero-order valence-corrected chi connectivity index (χ0v) is 12.5. The van der Waals surface area contributed by atoms with Crippen molar-refractivity contribution < 1.29 is 49.4 Å². The molecule has 1 amide bonds. The van der Waals surface area contributed by atoms with Gasteiger partial charge in [0.1, 0.15) is 0 Å². The van der Waals surface area contributed by atoms with Gasteiger partial charge in [0.15, 0.2) is 0 Å². The van der Waals surface area contributed by atoms with Crippen LogP contribution in [0.4, 0.5) is 0 Å². The number of carbonyl (C=O) groups excluding carboxylic acids is 2. The van der Waals surface area contributed by atoms with E-state index >= 15 is 0 Å². The van der Waals surface area contributed by atoms with Crippen LogP contribution in [-0.2, 0) is 9.59 Å². The van der Waals surface area contributed by atoms with Gasteiger partial charge in [-0.1, -0.05) is 0 Å². The quantitative estimate of drug-likeness (QED) is 0.405. The average molecular weight is 259 g/mol. The first-order valence-corrected chi connectivity index (χ1v) is 5.99. The van der Waals surface area contributed by atoms with Crippen LogP contribution in [0.15, 0.2) is 11.3 Å². The van der Waals surface area contributed by atoms with Gasteiger partial charge < -0.3 is 19.9 Å². The van der Waals surface area contributed by atoms with Crippen LogP contribution in [0.25, 0.3) is 0 Å². The van der Waals surface area contributed by atoms with Crippen molar-refractivity contribution in [2.75, 3.05) is 0 Å². The minimum absolute atomic E-state index is 0. The van der Waals surface area contributed by atoms with Crippen LogP contribution in [0.5, 0.6) is 0 Å². The third kappa shape index (κ3) is 1.61. The molecule has 0 aromatic rings. The van der Waals surface area contributed by atoms with Gasteiger partial charge >= 0.3 is 29.6 Å². The summed E-state index contributed by atoms with van der Waals surface area (Å²) in [5, 5.41) is 20.7. The molecule has 2 aliphatic heterocycles. The fourth-order valence-electron chi connectivity index (χ4n) is 3.64. The smallest absolute Gasteiger partial charge is 0.543 e. The number of hydrogen-bond donors (Lipinski definition) is 1. The molecule has 2 heterocycles. The van der Waals surface area contributed by atoms with Crippen LogP contribution in [0.2, 0.25) is 0 Å². The Morgan fingerprint density at radius 1 is 1.56 bits per heavy atom. The Balaban J connectivity index is 0.00000120. The summed E-state index contributed by atoms with van der Waals surface area (Å²) >= 11 is 0. The number of rotatable bonds is 2. The van der Waals surface area contributed by atoms with Crippen LogP contribution < -0.4 is 34.7 Å². The molecule has 0 aromatic heterocycles. The Morgan fingerprint density at radius 3 is 2.78 bits per heavy atom. The number of aliphatic carboxylic acids is 1. The predicted octanol–water partition coefficient (Wildman–Crippen LogP) is -3.98. The number of aliphatic hydroxyl groups excluding tert-OH is 1. The van der Waals surface area contributed by atoms with E-state index in [9.17, 15) is 19.8 Å². The van der Waals surface area contributed by atoms with E-state index in [-0.39, 0.29) is 53.1 Å².